The molecule has 9 nitrogen and oxygen atoms in total. The number of ether oxygens (including phenoxy) is 1. The number of para-hydroxylation sites is 2. The molecule has 0 radical (unpaired) electrons. The largest absolute Gasteiger partial charge is 0.482 e. The first-order chi connectivity index (χ1) is 22.8. The van der Waals surface area contributed by atoms with E-state index in [2.05, 4.69) is 0 Å². The number of carbonyl (C=O) groups is 3. The summed E-state index contributed by atoms with van der Waals surface area (Å²) in [7, 11) is 0. The van der Waals surface area contributed by atoms with Crippen molar-refractivity contribution < 1.29 is 29.3 Å². The lowest BCUT2D eigenvalue weighted by atomic mass is 9.82. The smallest absolute Gasteiger partial charge is 0.269 e. The van der Waals surface area contributed by atoms with Gasteiger partial charge in [-0.25, -0.2) is 0 Å². The number of hydrogen-bond acceptors (Lipinski definition) is 6. The summed E-state index contributed by atoms with van der Waals surface area (Å²) in [5.41, 5.74) is 1.88. The number of fused-ring (bicyclic) bond motifs is 2. The minimum absolute atomic E-state index is 0.0289. The Kier molecular flexibility index (Phi) is 9.19. The van der Waals surface area contributed by atoms with Crippen molar-refractivity contribution in [2.24, 2.45) is 5.92 Å². The maximum Gasteiger partial charge on any atom is 0.269 e. The maximum atomic E-state index is 14.2. The van der Waals surface area contributed by atoms with Crippen LogP contribution in [-0.2, 0) is 33.1 Å². The predicted molar refractivity (Wildman–Crippen MR) is 179 cm³/mol. The van der Waals surface area contributed by atoms with Gasteiger partial charge in [0.05, 0.1) is 24.5 Å². The summed E-state index contributed by atoms with van der Waals surface area (Å²) >= 11 is 0. The van der Waals surface area contributed by atoms with Gasteiger partial charge in [-0.3, -0.25) is 19.3 Å². The molecule has 3 amide bonds. The summed E-state index contributed by atoms with van der Waals surface area (Å²) < 4.78 is 5.63. The molecule has 0 saturated carbocycles. The van der Waals surface area contributed by atoms with E-state index in [1.54, 1.807) is 64.1 Å². The summed E-state index contributed by atoms with van der Waals surface area (Å²) in [5.74, 6) is -1.11. The average molecular weight is 632 g/mol. The zero-order valence-corrected chi connectivity index (χ0v) is 26.2. The molecule has 6 rings (SSSR count). The first kappa shape index (κ1) is 31.7. The van der Waals surface area contributed by atoms with Gasteiger partial charge in [-0.05, 0) is 41.5 Å². The first-order valence-electron chi connectivity index (χ1n) is 15.7. The Bertz CT molecular complexity index is 1790. The van der Waals surface area contributed by atoms with E-state index in [9.17, 15) is 24.6 Å². The van der Waals surface area contributed by atoms with E-state index in [0.29, 0.717) is 34.9 Å². The summed E-state index contributed by atoms with van der Waals surface area (Å²) in [5, 5.41) is 21.9. The van der Waals surface area contributed by atoms with Crippen LogP contribution >= 0.6 is 0 Å². The number of rotatable bonds is 11. The Morgan fingerprint density at radius 1 is 0.936 bits per heavy atom. The van der Waals surface area contributed by atoms with Crippen LogP contribution < -0.4 is 14.5 Å². The van der Waals surface area contributed by atoms with Crippen LogP contribution in [0.15, 0.2) is 115 Å². The molecule has 2 aliphatic rings. The molecule has 4 aromatic carbocycles. The van der Waals surface area contributed by atoms with Crippen molar-refractivity contribution >= 4 is 34.8 Å². The van der Waals surface area contributed by atoms with E-state index in [4.69, 9.17) is 4.74 Å². The van der Waals surface area contributed by atoms with Crippen LogP contribution in [0.25, 0.3) is 0 Å². The summed E-state index contributed by atoms with van der Waals surface area (Å²) in [6.07, 6.45) is 3.38. The molecule has 0 unspecified atom stereocenters. The second-order valence-corrected chi connectivity index (χ2v) is 11.8. The quantitative estimate of drug-likeness (QED) is 0.224. The van der Waals surface area contributed by atoms with Crippen LogP contribution in [0.4, 0.5) is 17.1 Å². The van der Waals surface area contributed by atoms with E-state index < -0.39 is 17.4 Å². The molecular weight excluding hydrogens is 594 g/mol. The highest BCUT2D eigenvalue weighted by Crippen LogP contribution is 2.48. The van der Waals surface area contributed by atoms with Gasteiger partial charge in [-0.1, -0.05) is 91.9 Å². The Morgan fingerprint density at radius 2 is 1.62 bits per heavy atom. The van der Waals surface area contributed by atoms with Crippen LogP contribution in [0.1, 0.15) is 30.0 Å². The van der Waals surface area contributed by atoms with Crippen molar-refractivity contribution in [3.8, 4) is 5.75 Å². The van der Waals surface area contributed by atoms with E-state index in [-0.39, 0.29) is 44.5 Å². The maximum absolute atomic E-state index is 14.2. The fraction of sp³-hybridized carbons (Fsp3) is 0.237. The van der Waals surface area contributed by atoms with Crippen molar-refractivity contribution in [3.63, 3.8) is 0 Å². The van der Waals surface area contributed by atoms with Gasteiger partial charge in [0.25, 0.3) is 11.8 Å². The number of nitrogens with zero attached hydrogens (tertiary/aromatic N) is 3. The van der Waals surface area contributed by atoms with Gasteiger partial charge in [0.2, 0.25) is 5.91 Å². The Labute approximate surface area is 273 Å². The molecule has 240 valence electrons. The molecule has 9 heteroatoms. The highest BCUT2D eigenvalue weighted by molar-refractivity contribution is 6.09. The molecular formula is C38H37N3O6. The fourth-order valence-corrected chi connectivity index (χ4v) is 6.24. The molecule has 0 fully saturated rings. The average Bonchev–Trinajstić information content (AvgIpc) is 3.30. The number of hydrogen-bond donors (Lipinski definition) is 2. The molecule has 0 spiro atoms. The molecule has 0 saturated heterocycles. The lowest BCUT2D eigenvalue weighted by molar-refractivity contribution is -0.139. The number of aliphatic hydroxyl groups is 2. The molecule has 2 atom stereocenters. The number of amides is 3. The van der Waals surface area contributed by atoms with E-state index in [1.807, 2.05) is 72.8 Å². The van der Waals surface area contributed by atoms with Gasteiger partial charge in [-0.2, -0.15) is 0 Å². The van der Waals surface area contributed by atoms with E-state index in [0.717, 1.165) is 11.1 Å². The fourth-order valence-electron chi connectivity index (χ4n) is 6.24. The number of carbonyl (C=O) groups excluding carboxylic acids is 3. The zero-order valence-electron chi connectivity index (χ0n) is 26.2. The lowest BCUT2D eigenvalue weighted by Crippen LogP contribution is -2.44. The van der Waals surface area contributed by atoms with Gasteiger partial charge in [0.15, 0.2) is 12.2 Å². The topological polar surface area (TPSA) is 111 Å². The molecule has 2 heterocycles. The van der Waals surface area contributed by atoms with Crippen molar-refractivity contribution in [2.75, 3.05) is 29.6 Å². The van der Waals surface area contributed by atoms with Gasteiger partial charge in [0.1, 0.15) is 5.75 Å². The standard InChI is InChI=1S/C38H37N3O6/c1-27(11-10-18-35(43)39(21-22-42)24-28-12-4-2-5-13-28)38(46)31-23-30(41-33-16-8-9-17-34(33)47-26-36(41)44)19-20-32(31)40(37(38)45)25-29-14-6-3-7-15-29/h2-17,19-20,23,27,42,46H,18,21-22,24-26H2,1H3/b11-10+/t27-,38+/m0/s1. The highest BCUT2D eigenvalue weighted by Gasteiger charge is 2.53. The SMILES string of the molecule is C[C@@H](/C=C/CC(=O)N(CCO)Cc1ccccc1)[C@]1(O)C(=O)N(Cc2ccccc2)c2ccc(N3C(=O)COc4ccccc43)cc21. The van der Waals surface area contributed by atoms with Gasteiger partial charge < -0.3 is 24.7 Å². The first-order valence-corrected chi connectivity index (χ1v) is 15.7. The second-order valence-electron chi connectivity index (χ2n) is 11.8. The van der Waals surface area contributed by atoms with Gasteiger partial charge >= 0.3 is 0 Å². The lowest BCUT2D eigenvalue weighted by Gasteiger charge is -2.31. The molecule has 2 N–H and O–H groups in total. The molecule has 0 aliphatic carbocycles. The summed E-state index contributed by atoms with van der Waals surface area (Å²) in [6.45, 7) is 2.24. The molecule has 0 bridgehead atoms. The number of aliphatic hydroxyl groups excluding tert-OH is 1. The van der Waals surface area contributed by atoms with Crippen LogP contribution in [-0.4, -0.2) is 52.6 Å². The minimum Gasteiger partial charge on any atom is -0.482 e. The normalized spacial score (nSPS) is 17.8. The third kappa shape index (κ3) is 6.27. The van der Waals surface area contributed by atoms with Crippen molar-refractivity contribution in [1.29, 1.82) is 0 Å². The summed E-state index contributed by atoms with van der Waals surface area (Å²) in [6, 6.07) is 31.6. The summed E-state index contributed by atoms with van der Waals surface area (Å²) in [4.78, 5) is 45.2. The Morgan fingerprint density at radius 3 is 2.34 bits per heavy atom. The van der Waals surface area contributed by atoms with Crippen LogP contribution in [0.3, 0.4) is 0 Å². The van der Waals surface area contributed by atoms with Crippen molar-refractivity contribution in [3.05, 3.63) is 132 Å². The molecule has 0 aromatic heterocycles. The zero-order chi connectivity index (χ0) is 33.0. The minimum atomic E-state index is -1.97. The number of anilines is 3. The van der Waals surface area contributed by atoms with Crippen LogP contribution in [0, 0.1) is 5.92 Å². The highest BCUT2D eigenvalue weighted by atomic mass is 16.5. The third-order valence-electron chi connectivity index (χ3n) is 8.72. The predicted octanol–water partition coefficient (Wildman–Crippen LogP) is 5.08. The Balaban J connectivity index is 1.31. The van der Waals surface area contributed by atoms with Crippen LogP contribution in [0.2, 0.25) is 0 Å². The monoisotopic (exact) mass is 631 g/mol. The second kappa shape index (κ2) is 13.6. The third-order valence-corrected chi connectivity index (χ3v) is 8.72. The Hall–Kier alpha value is -5.25. The molecule has 47 heavy (non-hydrogen) atoms. The van der Waals surface area contributed by atoms with Crippen molar-refractivity contribution in [2.45, 2.75) is 32.0 Å². The molecule has 2 aliphatic heterocycles. The molecule has 4 aromatic rings. The van der Waals surface area contributed by atoms with Gasteiger partial charge in [0, 0.05) is 36.7 Å². The van der Waals surface area contributed by atoms with E-state index >= 15 is 0 Å². The van der Waals surface area contributed by atoms with Gasteiger partial charge in [-0.15, -0.1) is 0 Å². The van der Waals surface area contributed by atoms with Crippen molar-refractivity contribution in [1.82, 2.24) is 4.90 Å². The van der Waals surface area contributed by atoms with Crippen LogP contribution in [0.5, 0.6) is 5.75 Å². The van der Waals surface area contributed by atoms with E-state index in [1.165, 1.54) is 0 Å². The number of benzene rings is 4.